The molecule has 0 bridgehead atoms. The average molecular weight is 222 g/mol. The Morgan fingerprint density at radius 2 is 2.07 bits per heavy atom. The van der Waals surface area contributed by atoms with E-state index in [4.69, 9.17) is 16.1 Å². The van der Waals surface area contributed by atoms with Crippen LogP contribution in [0.4, 0.5) is 0 Å². The lowest BCUT2D eigenvalue weighted by molar-refractivity contribution is 0.111. The molecule has 0 saturated heterocycles. The van der Waals surface area contributed by atoms with Crippen LogP contribution in [-0.2, 0) is 6.42 Å². The Bertz CT molecular complexity index is 462. The number of carbonyl (C=O) groups is 1. The van der Waals surface area contributed by atoms with Crippen molar-refractivity contribution in [1.82, 2.24) is 5.16 Å². The monoisotopic (exact) mass is 221 g/mol. The second-order valence-corrected chi connectivity index (χ2v) is 3.58. The second kappa shape index (κ2) is 4.28. The number of hydrogen-bond donors (Lipinski definition) is 0. The molecule has 0 fully saturated rings. The molecule has 2 aromatic rings. The van der Waals surface area contributed by atoms with Crippen molar-refractivity contribution in [2.75, 3.05) is 0 Å². The van der Waals surface area contributed by atoms with Crippen molar-refractivity contribution < 1.29 is 9.32 Å². The van der Waals surface area contributed by atoms with E-state index in [2.05, 4.69) is 5.16 Å². The number of carbonyl (C=O) groups excluding carboxylic acids is 1. The number of halogens is 1. The van der Waals surface area contributed by atoms with Crippen LogP contribution < -0.4 is 0 Å². The molecule has 1 heterocycles. The highest BCUT2D eigenvalue weighted by Crippen LogP contribution is 2.13. The van der Waals surface area contributed by atoms with E-state index in [-0.39, 0.29) is 0 Å². The van der Waals surface area contributed by atoms with Crippen LogP contribution in [0, 0.1) is 0 Å². The number of aromatic nitrogens is 1. The van der Waals surface area contributed by atoms with E-state index in [9.17, 15) is 4.79 Å². The summed E-state index contributed by atoms with van der Waals surface area (Å²) in [6.07, 6.45) is 1.27. The molecule has 0 radical (unpaired) electrons. The van der Waals surface area contributed by atoms with Gasteiger partial charge in [-0.2, -0.15) is 0 Å². The van der Waals surface area contributed by atoms with Crippen molar-refractivity contribution in [2.24, 2.45) is 0 Å². The number of nitrogens with zero attached hydrogens (tertiary/aromatic N) is 1. The average Bonchev–Trinajstić information content (AvgIpc) is 2.69. The molecule has 0 aliphatic heterocycles. The quantitative estimate of drug-likeness (QED) is 0.749. The van der Waals surface area contributed by atoms with Gasteiger partial charge in [-0.05, 0) is 17.7 Å². The summed E-state index contributed by atoms with van der Waals surface area (Å²) >= 11 is 5.76. The van der Waals surface area contributed by atoms with Gasteiger partial charge in [0.2, 0.25) is 0 Å². The lowest BCUT2D eigenvalue weighted by Gasteiger charge is -1.96. The molecule has 15 heavy (non-hydrogen) atoms. The molecule has 0 aliphatic carbocycles. The van der Waals surface area contributed by atoms with E-state index < -0.39 is 0 Å². The zero-order valence-electron chi connectivity index (χ0n) is 7.81. The van der Waals surface area contributed by atoms with Crippen molar-refractivity contribution in [3.8, 4) is 0 Å². The van der Waals surface area contributed by atoms with Crippen LogP contribution >= 0.6 is 11.6 Å². The summed E-state index contributed by atoms with van der Waals surface area (Å²) in [5.41, 5.74) is 1.38. The minimum absolute atomic E-state index is 0.318. The molecule has 0 atom stereocenters. The van der Waals surface area contributed by atoms with Gasteiger partial charge in [-0.3, -0.25) is 4.79 Å². The summed E-state index contributed by atoms with van der Waals surface area (Å²) in [7, 11) is 0. The first kappa shape index (κ1) is 9.93. The number of hydrogen-bond acceptors (Lipinski definition) is 3. The van der Waals surface area contributed by atoms with Gasteiger partial charge in [0.05, 0.1) is 0 Å². The predicted molar refractivity (Wildman–Crippen MR) is 56.1 cm³/mol. The molecule has 1 aromatic carbocycles. The lowest BCUT2D eigenvalue weighted by atomic mass is 10.1. The summed E-state index contributed by atoms with van der Waals surface area (Å²) in [6.45, 7) is 0. The first-order valence-electron chi connectivity index (χ1n) is 4.43. The Morgan fingerprint density at radius 3 is 2.67 bits per heavy atom. The molecule has 4 heteroatoms. The predicted octanol–water partition coefficient (Wildman–Crippen LogP) is 2.73. The number of benzene rings is 1. The number of aldehydes is 1. The Balaban J connectivity index is 2.14. The highest BCUT2D eigenvalue weighted by Gasteiger charge is 2.03. The van der Waals surface area contributed by atoms with Gasteiger partial charge in [0.1, 0.15) is 11.5 Å². The summed E-state index contributed by atoms with van der Waals surface area (Å²) in [4.78, 5) is 10.4. The van der Waals surface area contributed by atoms with Gasteiger partial charge in [-0.25, -0.2) is 0 Å². The van der Waals surface area contributed by atoms with Crippen molar-refractivity contribution in [3.05, 3.63) is 52.4 Å². The third-order valence-electron chi connectivity index (χ3n) is 1.99. The van der Waals surface area contributed by atoms with Gasteiger partial charge in [-0.15, -0.1) is 0 Å². The molecule has 0 saturated carbocycles. The third kappa shape index (κ3) is 2.44. The molecular weight excluding hydrogens is 214 g/mol. The van der Waals surface area contributed by atoms with Crippen LogP contribution in [0.3, 0.4) is 0 Å². The fourth-order valence-electron chi connectivity index (χ4n) is 1.27. The maximum Gasteiger partial charge on any atom is 0.171 e. The van der Waals surface area contributed by atoms with Crippen molar-refractivity contribution >= 4 is 17.9 Å². The van der Waals surface area contributed by atoms with Crippen LogP contribution in [0.2, 0.25) is 5.02 Å². The van der Waals surface area contributed by atoms with Gasteiger partial charge in [-0.1, -0.05) is 28.9 Å². The summed E-state index contributed by atoms with van der Waals surface area (Å²) < 4.78 is 4.98. The fraction of sp³-hybridized carbons (Fsp3) is 0.0909. The Morgan fingerprint density at radius 1 is 1.33 bits per heavy atom. The van der Waals surface area contributed by atoms with Crippen molar-refractivity contribution in [2.45, 2.75) is 6.42 Å². The van der Waals surface area contributed by atoms with Gasteiger partial charge in [0.25, 0.3) is 0 Å². The summed E-state index contributed by atoms with van der Waals surface area (Å²) in [6, 6.07) is 9.07. The molecular formula is C11H8ClNO2. The molecule has 0 amide bonds. The van der Waals surface area contributed by atoms with Crippen molar-refractivity contribution in [1.29, 1.82) is 0 Å². The van der Waals surface area contributed by atoms with E-state index >= 15 is 0 Å². The molecule has 76 valence electrons. The maximum atomic E-state index is 10.4. The van der Waals surface area contributed by atoms with Crippen LogP contribution in [-0.4, -0.2) is 11.4 Å². The normalized spacial score (nSPS) is 10.2. The topological polar surface area (TPSA) is 43.1 Å². The largest absolute Gasteiger partial charge is 0.360 e. The minimum Gasteiger partial charge on any atom is -0.360 e. The molecule has 0 spiro atoms. The molecule has 0 unspecified atom stereocenters. The smallest absolute Gasteiger partial charge is 0.171 e. The zero-order valence-corrected chi connectivity index (χ0v) is 8.57. The Kier molecular flexibility index (Phi) is 2.83. The Hall–Kier alpha value is -1.61. The van der Waals surface area contributed by atoms with Crippen LogP contribution in [0.15, 0.2) is 34.9 Å². The van der Waals surface area contributed by atoms with Crippen LogP contribution in [0.1, 0.15) is 21.8 Å². The summed E-state index contributed by atoms with van der Waals surface area (Å²) in [5.74, 6) is 0.666. The molecule has 2 rings (SSSR count). The molecule has 0 N–H and O–H groups in total. The zero-order chi connectivity index (χ0) is 10.7. The van der Waals surface area contributed by atoms with Gasteiger partial charge < -0.3 is 4.52 Å². The van der Waals surface area contributed by atoms with Gasteiger partial charge >= 0.3 is 0 Å². The molecule has 0 aliphatic rings. The van der Waals surface area contributed by atoms with E-state index in [1.54, 1.807) is 6.07 Å². The van der Waals surface area contributed by atoms with E-state index in [0.29, 0.717) is 29.2 Å². The summed E-state index contributed by atoms with van der Waals surface area (Å²) in [5, 5.41) is 4.28. The van der Waals surface area contributed by atoms with Gasteiger partial charge in [0.15, 0.2) is 6.29 Å². The first-order chi connectivity index (χ1) is 7.28. The fourth-order valence-corrected chi connectivity index (χ4v) is 1.40. The maximum absolute atomic E-state index is 10.4. The SMILES string of the molecule is O=Cc1cc(Cc2ccc(Cl)cc2)on1. The Labute approximate surface area is 91.6 Å². The second-order valence-electron chi connectivity index (χ2n) is 3.14. The number of rotatable bonds is 3. The minimum atomic E-state index is 0.318. The highest BCUT2D eigenvalue weighted by atomic mass is 35.5. The van der Waals surface area contributed by atoms with Crippen LogP contribution in [0.25, 0.3) is 0 Å². The standard InChI is InChI=1S/C11H8ClNO2/c12-9-3-1-8(2-4-9)5-11-6-10(7-14)13-15-11/h1-4,6-7H,5H2. The molecule has 1 aromatic heterocycles. The highest BCUT2D eigenvalue weighted by molar-refractivity contribution is 6.30. The van der Waals surface area contributed by atoms with Gasteiger partial charge in [0, 0.05) is 17.5 Å². The van der Waals surface area contributed by atoms with E-state index in [1.807, 2.05) is 24.3 Å². The first-order valence-corrected chi connectivity index (χ1v) is 4.81. The van der Waals surface area contributed by atoms with E-state index in [1.165, 1.54) is 0 Å². The third-order valence-corrected chi connectivity index (χ3v) is 2.24. The lowest BCUT2D eigenvalue weighted by Crippen LogP contribution is -1.84. The van der Waals surface area contributed by atoms with Crippen molar-refractivity contribution in [3.63, 3.8) is 0 Å². The van der Waals surface area contributed by atoms with E-state index in [0.717, 1.165) is 5.56 Å². The van der Waals surface area contributed by atoms with Crippen LogP contribution in [0.5, 0.6) is 0 Å². The molecule has 3 nitrogen and oxygen atoms in total.